The minimum Gasteiger partial charge on any atom is -0.497 e. The average Bonchev–Trinajstić information content (AvgIpc) is 3.01. The van der Waals surface area contributed by atoms with Crippen LogP contribution in [0.4, 0.5) is 0 Å². The number of thioether (sulfide) groups is 1. The van der Waals surface area contributed by atoms with Gasteiger partial charge in [0, 0.05) is 24.8 Å². The molecule has 1 saturated heterocycles. The number of amides is 1. The first-order valence-electron chi connectivity index (χ1n) is 7.33. The van der Waals surface area contributed by atoms with Gasteiger partial charge in [-0.25, -0.2) is 0 Å². The fourth-order valence-corrected chi connectivity index (χ4v) is 3.70. The van der Waals surface area contributed by atoms with E-state index in [4.69, 9.17) is 9.47 Å². The second-order valence-corrected chi connectivity index (χ2v) is 6.25. The Morgan fingerprint density at radius 3 is 2.52 bits per heavy atom. The third-order valence-corrected chi connectivity index (χ3v) is 4.88. The summed E-state index contributed by atoms with van der Waals surface area (Å²) >= 11 is 1.80. The Morgan fingerprint density at radius 2 is 1.95 bits per heavy atom. The first-order valence-corrected chi connectivity index (χ1v) is 8.38. The van der Waals surface area contributed by atoms with Gasteiger partial charge in [0.15, 0.2) is 0 Å². The van der Waals surface area contributed by atoms with Gasteiger partial charge >= 0.3 is 0 Å². The minimum atomic E-state index is 0.0679. The molecule has 1 aromatic carbocycles. The monoisotopic (exact) mass is 309 g/mol. The van der Waals surface area contributed by atoms with Crippen LogP contribution in [-0.2, 0) is 4.79 Å². The van der Waals surface area contributed by atoms with Crippen molar-refractivity contribution in [2.75, 3.05) is 26.5 Å². The largest absolute Gasteiger partial charge is 0.497 e. The van der Waals surface area contributed by atoms with Gasteiger partial charge in [0.25, 0.3) is 0 Å². The van der Waals surface area contributed by atoms with E-state index in [1.54, 1.807) is 26.0 Å². The summed E-state index contributed by atoms with van der Waals surface area (Å²) in [6, 6.07) is 5.84. The van der Waals surface area contributed by atoms with E-state index in [-0.39, 0.29) is 11.3 Å². The van der Waals surface area contributed by atoms with E-state index in [0.29, 0.717) is 6.42 Å². The van der Waals surface area contributed by atoms with E-state index in [0.717, 1.165) is 42.2 Å². The first-order chi connectivity index (χ1) is 10.2. The molecule has 1 heterocycles. The van der Waals surface area contributed by atoms with Gasteiger partial charge in [-0.05, 0) is 24.1 Å². The summed E-state index contributed by atoms with van der Waals surface area (Å²) in [6.07, 6.45) is 2.63. The summed E-state index contributed by atoms with van der Waals surface area (Å²) < 4.78 is 10.6. The van der Waals surface area contributed by atoms with Crippen LogP contribution in [0.15, 0.2) is 18.2 Å². The van der Waals surface area contributed by atoms with Gasteiger partial charge in [-0.1, -0.05) is 13.3 Å². The molecule has 1 aromatic rings. The Hall–Kier alpha value is -1.36. The van der Waals surface area contributed by atoms with Crippen LogP contribution in [0.5, 0.6) is 11.5 Å². The van der Waals surface area contributed by atoms with Crippen molar-refractivity contribution >= 4 is 17.7 Å². The zero-order chi connectivity index (χ0) is 15.2. The lowest BCUT2D eigenvalue weighted by Crippen LogP contribution is -2.30. The summed E-state index contributed by atoms with van der Waals surface area (Å²) in [5, 5.41) is 0.0679. The fraction of sp³-hybridized carbons (Fsp3) is 0.562. The molecule has 0 radical (unpaired) electrons. The lowest BCUT2D eigenvalue weighted by Gasteiger charge is -2.25. The number of nitrogens with zero attached hydrogens (tertiary/aromatic N) is 1. The zero-order valence-electron chi connectivity index (χ0n) is 12.9. The molecular weight excluding hydrogens is 286 g/mol. The number of carbonyl (C=O) groups is 1. The quantitative estimate of drug-likeness (QED) is 0.806. The number of methoxy groups -OCH3 is 2. The molecule has 0 N–H and O–H groups in total. The second kappa shape index (κ2) is 7.59. The molecule has 0 unspecified atom stereocenters. The van der Waals surface area contributed by atoms with Crippen molar-refractivity contribution in [1.82, 2.24) is 4.90 Å². The number of hydrogen-bond acceptors (Lipinski definition) is 4. The van der Waals surface area contributed by atoms with E-state index in [1.807, 2.05) is 23.1 Å². The molecule has 4 nitrogen and oxygen atoms in total. The molecule has 21 heavy (non-hydrogen) atoms. The molecule has 0 aliphatic carbocycles. The van der Waals surface area contributed by atoms with E-state index >= 15 is 0 Å². The van der Waals surface area contributed by atoms with Gasteiger partial charge in [0.2, 0.25) is 5.91 Å². The SMILES string of the molecule is CCCCC(=O)N1CCS[C@H]1c1cc(OC)cc(OC)c1. The highest BCUT2D eigenvalue weighted by atomic mass is 32.2. The lowest BCUT2D eigenvalue weighted by atomic mass is 10.1. The highest BCUT2D eigenvalue weighted by Gasteiger charge is 2.30. The predicted octanol–water partition coefficient (Wildman–Crippen LogP) is 3.47. The van der Waals surface area contributed by atoms with E-state index in [2.05, 4.69) is 6.92 Å². The molecule has 2 rings (SSSR count). The standard InChI is InChI=1S/C16H23NO3S/c1-4-5-6-15(18)17-7-8-21-16(17)12-9-13(19-2)11-14(10-12)20-3/h9-11,16H,4-8H2,1-3H3/t16-/m0/s1. The average molecular weight is 309 g/mol. The summed E-state index contributed by atoms with van der Waals surface area (Å²) in [5.41, 5.74) is 1.07. The summed E-state index contributed by atoms with van der Waals surface area (Å²) in [6.45, 7) is 2.92. The van der Waals surface area contributed by atoms with E-state index in [1.165, 1.54) is 0 Å². The van der Waals surface area contributed by atoms with E-state index in [9.17, 15) is 4.79 Å². The number of rotatable bonds is 6. The second-order valence-electron chi connectivity index (χ2n) is 5.06. The number of benzene rings is 1. The summed E-state index contributed by atoms with van der Waals surface area (Å²) in [4.78, 5) is 14.3. The molecule has 116 valence electrons. The van der Waals surface area contributed by atoms with Crippen LogP contribution in [0.1, 0.15) is 37.1 Å². The van der Waals surface area contributed by atoms with E-state index < -0.39 is 0 Å². The molecule has 1 aliphatic rings. The highest BCUT2D eigenvalue weighted by Crippen LogP contribution is 2.40. The molecule has 0 bridgehead atoms. The van der Waals surface area contributed by atoms with Crippen LogP contribution in [0, 0.1) is 0 Å². The molecule has 1 aliphatic heterocycles. The molecular formula is C16H23NO3S. The van der Waals surface area contributed by atoms with Gasteiger partial charge in [0.1, 0.15) is 16.9 Å². The smallest absolute Gasteiger partial charge is 0.223 e. The molecule has 0 aromatic heterocycles. The van der Waals surface area contributed by atoms with Gasteiger partial charge in [-0.15, -0.1) is 11.8 Å². The number of carbonyl (C=O) groups excluding carboxylic acids is 1. The van der Waals surface area contributed by atoms with Crippen molar-refractivity contribution in [3.8, 4) is 11.5 Å². The normalized spacial score (nSPS) is 17.9. The predicted molar refractivity (Wildman–Crippen MR) is 86.0 cm³/mol. The molecule has 5 heteroatoms. The molecule has 1 fully saturated rings. The Kier molecular flexibility index (Phi) is 5.79. The van der Waals surface area contributed by atoms with Gasteiger partial charge in [-0.2, -0.15) is 0 Å². The molecule has 1 atom stereocenters. The van der Waals surface area contributed by atoms with Gasteiger partial charge in [-0.3, -0.25) is 4.79 Å². The maximum absolute atomic E-state index is 12.3. The van der Waals surface area contributed by atoms with Crippen LogP contribution >= 0.6 is 11.8 Å². The Balaban J connectivity index is 2.21. The highest BCUT2D eigenvalue weighted by molar-refractivity contribution is 7.99. The third kappa shape index (κ3) is 3.84. The van der Waals surface area contributed by atoms with Crippen molar-refractivity contribution in [3.63, 3.8) is 0 Å². The summed E-state index contributed by atoms with van der Waals surface area (Å²) in [7, 11) is 3.29. The number of unbranched alkanes of at least 4 members (excludes halogenated alkanes) is 1. The Morgan fingerprint density at radius 1 is 1.29 bits per heavy atom. The minimum absolute atomic E-state index is 0.0679. The Labute approximate surface area is 130 Å². The van der Waals surface area contributed by atoms with Crippen LogP contribution in [0.3, 0.4) is 0 Å². The fourth-order valence-electron chi connectivity index (χ4n) is 2.45. The van der Waals surface area contributed by atoms with Crippen molar-refractivity contribution in [2.24, 2.45) is 0 Å². The van der Waals surface area contributed by atoms with Gasteiger partial charge in [0.05, 0.1) is 14.2 Å². The maximum atomic E-state index is 12.3. The first kappa shape index (κ1) is 16.0. The van der Waals surface area contributed by atoms with Crippen molar-refractivity contribution in [2.45, 2.75) is 31.6 Å². The van der Waals surface area contributed by atoms with Crippen LogP contribution < -0.4 is 9.47 Å². The van der Waals surface area contributed by atoms with Crippen LogP contribution in [0.25, 0.3) is 0 Å². The number of hydrogen-bond donors (Lipinski definition) is 0. The zero-order valence-corrected chi connectivity index (χ0v) is 13.7. The van der Waals surface area contributed by atoms with Crippen molar-refractivity contribution in [1.29, 1.82) is 0 Å². The number of ether oxygens (including phenoxy) is 2. The molecule has 0 saturated carbocycles. The van der Waals surface area contributed by atoms with Gasteiger partial charge < -0.3 is 14.4 Å². The van der Waals surface area contributed by atoms with Crippen LogP contribution in [-0.4, -0.2) is 37.3 Å². The maximum Gasteiger partial charge on any atom is 0.223 e. The summed E-state index contributed by atoms with van der Waals surface area (Å²) in [5.74, 6) is 2.74. The topological polar surface area (TPSA) is 38.8 Å². The molecule has 1 amide bonds. The van der Waals surface area contributed by atoms with Crippen LogP contribution in [0.2, 0.25) is 0 Å². The van der Waals surface area contributed by atoms with Crippen molar-refractivity contribution < 1.29 is 14.3 Å². The molecule has 0 spiro atoms. The van der Waals surface area contributed by atoms with Crippen molar-refractivity contribution in [3.05, 3.63) is 23.8 Å². The third-order valence-electron chi connectivity index (χ3n) is 3.61. The lowest BCUT2D eigenvalue weighted by molar-refractivity contribution is -0.131. The Bertz CT molecular complexity index is 470.